The van der Waals surface area contributed by atoms with Crippen LogP contribution in [0.3, 0.4) is 0 Å². The van der Waals surface area contributed by atoms with Gasteiger partial charge in [0.2, 0.25) is 0 Å². The summed E-state index contributed by atoms with van der Waals surface area (Å²) in [5, 5.41) is 20.0. The molecular formula is C33H49N3O9S5. The molecule has 0 fully saturated rings. The van der Waals surface area contributed by atoms with Crippen LogP contribution in [0, 0.1) is 0 Å². The molecule has 50 heavy (non-hydrogen) atoms. The average molecular weight is 792 g/mol. The van der Waals surface area contributed by atoms with Crippen LogP contribution in [-0.2, 0) is 33.2 Å². The third-order valence-electron chi connectivity index (χ3n) is 5.07. The zero-order valence-corrected chi connectivity index (χ0v) is 32.5. The third kappa shape index (κ3) is 32.5. The van der Waals surface area contributed by atoms with Crippen LogP contribution in [0.4, 0.5) is 0 Å². The van der Waals surface area contributed by atoms with Crippen molar-refractivity contribution in [3.8, 4) is 0 Å². The number of ether oxygens (including phenoxy) is 6. The van der Waals surface area contributed by atoms with Crippen molar-refractivity contribution in [1.29, 1.82) is 0 Å². The molecule has 0 radical (unpaired) electrons. The molecule has 17 heteroatoms. The molecule has 0 saturated carbocycles. The molecule has 3 rings (SSSR count). The van der Waals surface area contributed by atoms with Crippen LogP contribution in [0.5, 0.6) is 0 Å². The van der Waals surface area contributed by atoms with Gasteiger partial charge >= 0.3 is 0 Å². The summed E-state index contributed by atoms with van der Waals surface area (Å²) in [5.74, 6) is 1.61. The van der Waals surface area contributed by atoms with Crippen molar-refractivity contribution < 1.29 is 43.4 Å². The van der Waals surface area contributed by atoms with Gasteiger partial charge in [0.1, 0.15) is 15.1 Å². The number of carbonyl (C=O) groups is 1. The third-order valence-corrected chi connectivity index (χ3v) is 10.3. The SMILES string of the molecule is CC(=O)SCCOCCOCCOCCO.OCCOCCOCCOCCSSc1ccccn1.c1ccc(SSc2ccccn2)nc1. The molecule has 0 aliphatic heterocycles. The van der Waals surface area contributed by atoms with Gasteiger partial charge in [-0.2, -0.15) is 0 Å². The maximum Gasteiger partial charge on any atom is 0.185 e. The van der Waals surface area contributed by atoms with Crippen molar-refractivity contribution in [2.75, 3.05) is 104 Å². The molecule has 0 saturated heterocycles. The van der Waals surface area contributed by atoms with Crippen molar-refractivity contribution in [2.45, 2.75) is 22.0 Å². The van der Waals surface area contributed by atoms with Crippen LogP contribution in [0.1, 0.15) is 6.92 Å². The van der Waals surface area contributed by atoms with E-state index >= 15 is 0 Å². The van der Waals surface area contributed by atoms with E-state index in [1.54, 1.807) is 68.7 Å². The summed E-state index contributed by atoms with van der Waals surface area (Å²) in [7, 11) is 6.62. The number of aromatic nitrogens is 3. The Kier molecular flexibility index (Phi) is 34.8. The van der Waals surface area contributed by atoms with Gasteiger partial charge in [-0.1, -0.05) is 40.8 Å². The van der Waals surface area contributed by atoms with Crippen molar-refractivity contribution in [3.05, 3.63) is 73.2 Å². The highest BCUT2D eigenvalue weighted by molar-refractivity contribution is 8.77. The lowest BCUT2D eigenvalue weighted by atomic mass is 10.5. The second-order valence-electron chi connectivity index (χ2n) is 9.04. The summed E-state index contributed by atoms with van der Waals surface area (Å²) in [6.07, 6.45) is 5.38. The normalized spacial score (nSPS) is 10.5. The van der Waals surface area contributed by atoms with Gasteiger partial charge in [0, 0.05) is 37.0 Å². The van der Waals surface area contributed by atoms with E-state index in [1.165, 1.54) is 11.8 Å². The van der Waals surface area contributed by atoms with Crippen molar-refractivity contribution in [2.24, 2.45) is 0 Å². The van der Waals surface area contributed by atoms with E-state index in [0.29, 0.717) is 85.0 Å². The summed E-state index contributed by atoms with van der Waals surface area (Å²) >= 11 is 1.26. The molecule has 12 nitrogen and oxygen atoms in total. The van der Waals surface area contributed by atoms with E-state index in [1.807, 2.05) is 54.6 Å². The zero-order valence-electron chi connectivity index (χ0n) is 28.4. The standard InChI is InChI=1S/C13H21NO4S2.C10H8N2S2.C10H20O5S/c15-5-6-16-7-8-17-9-10-18-11-12-19-20-13-3-1-2-4-14-13;1-3-7-11-9(5-1)13-14-10-6-2-4-8-12-10;1-10(12)16-9-8-15-7-6-14-5-4-13-3-2-11/h1-4,15H,5-12H2;1-8H;11H,2-9H2,1H3. The first-order valence-electron chi connectivity index (χ1n) is 15.8. The molecule has 2 N–H and O–H groups in total. The van der Waals surface area contributed by atoms with Gasteiger partial charge in [-0.25, -0.2) is 15.0 Å². The molecule has 0 amide bonds. The van der Waals surface area contributed by atoms with Crippen molar-refractivity contribution in [3.63, 3.8) is 0 Å². The lowest BCUT2D eigenvalue weighted by Crippen LogP contribution is -2.11. The van der Waals surface area contributed by atoms with E-state index in [-0.39, 0.29) is 18.3 Å². The molecule has 0 spiro atoms. The van der Waals surface area contributed by atoms with Crippen LogP contribution in [0.15, 0.2) is 88.3 Å². The first-order valence-corrected chi connectivity index (χ1v) is 21.3. The van der Waals surface area contributed by atoms with Crippen LogP contribution in [0.25, 0.3) is 0 Å². The molecule has 0 atom stereocenters. The van der Waals surface area contributed by atoms with E-state index in [4.69, 9.17) is 38.6 Å². The number of hydrogen-bond acceptors (Lipinski definition) is 17. The largest absolute Gasteiger partial charge is 0.394 e. The summed E-state index contributed by atoms with van der Waals surface area (Å²) in [6, 6.07) is 17.6. The Morgan fingerprint density at radius 1 is 0.520 bits per heavy atom. The lowest BCUT2D eigenvalue weighted by molar-refractivity contribution is -0.109. The molecule has 3 heterocycles. The Morgan fingerprint density at radius 3 is 1.24 bits per heavy atom. The van der Waals surface area contributed by atoms with E-state index in [2.05, 4.69) is 15.0 Å². The zero-order chi connectivity index (χ0) is 36.0. The van der Waals surface area contributed by atoms with Gasteiger partial charge in [0.05, 0.1) is 92.5 Å². The highest BCUT2D eigenvalue weighted by atomic mass is 33.1. The molecule has 0 bridgehead atoms. The van der Waals surface area contributed by atoms with E-state index < -0.39 is 0 Å². The Balaban J connectivity index is 0.000000381. The van der Waals surface area contributed by atoms with Crippen LogP contribution >= 0.6 is 54.9 Å². The molecule has 3 aromatic rings. The molecular weight excluding hydrogens is 743 g/mol. The number of pyridine rings is 3. The minimum absolute atomic E-state index is 0.0386. The van der Waals surface area contributed by atoms with Gasteiger partial charge in [-0.15, -0.1) is 0 Å². The molecule has 280 valence electrons. The second-order valence-corrected chi connectivity index (χ2v) is 14.9. The Hall–Kier alpha value is -1.45. The molecule has 0 aliphatic carbocycles. The fourth-order valence-corrected chi connectivity index (χ4v) is 6.91. The Morgan fingerprint density at radius 2 is 0.880 bits per heavy atom. The number of carbonyl (C=O) groups excluding carboxylic acids is 1. The molecule has 0 aromatic carbocycles. The summed E-state index contributed by atoms with van der Waals surface area (Å²) in [4.78, 5) is 23.2. The Bertz CT molecular complexity index is 1100. The monoisotopic (exact) mass is 791 g/mol. The first-order chi connectivity index (χ1) is 24.7. The van der Waals surface area contributed by atoms with Crippen LogP contribution < -0.4 is 0 Å². The highest BCUT2D eigenvalue weighted by Gasteiger charge is 1.98. The van der Waals surface area contributed by atoms with Crippen molar-refractivity contribution in [1.82, 2.24) is 15.0 Å². The van der Waals surface area contributed by atoms with E-state index in [0.717, 1.165) is 20.8 Å². The van der Waals surface area contributed by atoms with Gasteiger partial charge < -0.3 is 38.6 Å². The molecule has 0 unspecified atom stereocenters. The fraction of sp³-hybridized carbons (Fsp3) is 0.515. The van der Waals surface area contributed by atoms with Crippen LogP contribution in [-0.4, -0.2) is 134 Å². The van der Waals surface area contributed by atoms with Crippen LogP contribution in [0.2, 0.25) is 0 Å². The van der Waals surface area contributed by atoms with Gasteiger partial charge in [0.15, 0.2) is 5.12 Å². The summed E-state index contributed by atoms with van der Waals surface area (Å²) in [5.41, 5.74) is 0. The summed E-state index contributed by atoms with van der Waals surface area (Å²) in [6.45, 7) is 7.86. The molecule has 3 aromatic heterocycles. The highest BCUT2D eigenvalue weighted by Crippen LogP contribution is 2.34. The van der Waals surface area contributed by atoms with Crippen molar-refractivity contribution >= 4 is 60.1 Å². The minimum atomic E-state index is 0.0386. The smallest absolute Gasteiger partial charge is 0.185 e. The number of hydrogen-bond donors (Lipinski definition) is 2. The predicted molar refractivity (Wildman–Crippen MR) is 205 cm³/mol. The number of thioether (sulfide) groups is 1. The maximum atomic E-state index is 10.6. The topological polar surface area (TPSA) is 152 Å². The Labute approximate surface area is 316 Å². The average Bonchev–Trinajstić information content (AvgIpc) is 3.15. The lowest BCUT2D eigenvalue weighted by Gasteiger charge is -2.06. The molecule has 0 aliphatic rings. The fourth-order valence-electron chi connectivity index (χ4n) is 2.93. The summed E-state index contributed by atoms with van der Waals surface area (Å²) < 4.78 is 31.2. The predicted octanol–water partition coefficient (Wildman–Crippen LogP) is 5.45. The maximum absolute atomic E-state index is 10.6. The van der Waals surface area contributed by atoms with Gasteiger partial charge in [-0.05, 0) is 68.8 Å². The van der Waals surface area contributed by atoms with Gasteiger partial charge in [0.25, 0.3) is 0 Å². The number of nitrogens with zero attached hydrogens (tertiary/aromatic N) is 3. The second kappa shape index (κ2) is 37.3. The number of aliphatic hydroxyl groups is 2. The quantitative estimate of drug-likeness (QED) is 0.0743. The number of rotatable bonds is 27. The first kappa shape index (κ1) is 46.6. The minimum Gasteiger partial charge on any atom is -0.394 e. The van der Waals surface area contributed by atoms with E-state index in [9.17, 15) is 4.79 Å². The van der Waals surface area contributed by atoms with Gasteiger partial charge in [-0.3, -0.25) is 4.79 Å². The number of aliphatic hydroxyl groups excluding tert-OH is 2.